The minimum atomic E-state index is 0.757. The first kappa shape index (κ1) is 11.6. The fourth-order valence-corrected chi connectivity index (χ4v) is 3.12. The van der Waals surface area contributed by atoms with Crippen molar-refractivity contribution in [1.82, 2.24) is 9.55 Å². The molecule has 0 aliphatic heterocycles. The van der Waals surface area contributed by atoms with E-state index in [-0.39, 0.29) is 0 Å². The van der Waals surface area contributed by atoms with Gasteiger partial charge in [0.25, 0.3) is 0 Å². The highest BCUT2D eigenvalue weighted by Crippen LogP contribution is 2.33. The zero-order valence-corrected chi connectivity index (χ0v) is 11.4. The Labute approximate surface area is 114 Å². The normalized spacial score (nSPS) is 11.2. The van der Waals surface area contributed by atoms with Crippen molar-refractivity contribution in [2.45, 2.75) is 13.5 Å². The summed E-state index contributed by atoms with van der Waals surface area (Å²) < 4.78 is 2.94. The summed E-state index contributed by atoms with van der Waals surface area (Å²) in [5.41, 5.74) is 8.63. The Hall–Kier alpha value is -1.52. The third-order valence-corrected chi connectivity index (χ3v) is 4.11. The van der Waals surface area contributed by atoms with E-state index in [2.05, 4.69) is 16.5 Å². The maximum absolute atomic E-state index is 5.99. The second kappa shape index (κ2) is 4.30. The average molecular weight is 278 g/mol. The molecule has 0 aliphatic rings. The standard InChI is InChI=1S/C13H12ClN3S/c1-2-17-10-7-8(15)3-4-9(10)16-13(17)11-5-6-12(14)18-11/h3-7H,2,15H2,1H3. The van der Waals surface area contributed by atoms with Crippen molar-refractivity contribution in [2.24, 2.45) is 0 Å². The second-order valence-corrected chi connectivity index (χ2v) is 5.75. The van der Waals surface area contributed by atoms with E-state index in [1.165, 1.54) is 0 Å². The fraction of sp³-hybridized carbons (Fsp3) is 0.154. The van der Waals surface area contributed by atoms with Gasteiger partial charge in [0.15, 0.2) is 5.82 Å². The highest BCUT2D eigenvalue weighted by Gasteiger charge is 2.13. The molecule has 3 nitrogen and oxygen atoms in total. The number of aromatic nitrogens is 2. The minimum Gasteiger partial charge on any atom is -0.399 e. The van der Waals surface area contributed by atoms with Gasteiger partial charge in [-0.05, 0) is 37.3 Å². The van der Waals surface area contributed by atoms with Crippen LogP contribution >= 0.6 is 22.9 Å². The summed E-state index contributed by atoms with van der Waals surface area (Å²) in [5.74, 6) is 0.954. The predicted molar refractivity (Wildman–Crippen MR) is 78.1 cm³/mol. The number of fused-ring (bicyclic) bond motifs is 1. The molecule has 0 amide bonds. The summed E-state index contributed by atoms with van der Waals surface area (Å²) in [5, 5.41) is 0. The third-order valence-electron chi connectivity index (χ3n) is 2.88. The van der Waals surface area contributed by atoms with Gasteiger partial charge < -0.3 is 10.3 Å². The van der Waals surface area contributed by atoms with E-state index in [0.717, 1.165) is 38.3 Å². The molecule has 0 bridgehead atoms. The molecule has 0 saturated carbocycles. The van der Waals surface area contributed by atoms with Gasteiger partial charge >= 0.3 is 0 Å². The maximum Gasteiger partial charge on any atom is 0.151 e. The van der Waals surface area contributed by atoms with Crippen LogP contribution in [0.5, 0.6) is 0 Å². The highest BCUT2D eigenvalue weighted by atomic mass is 35.5. The number of hydrogen-bond donors (Lipinski definition) is 1. The number of rotatable bonds is 2. The number of imidazole rings is 1. The minimum absolute atomic E-state index is 0.757. The predicted octanol–water partition coefficient (Wildman–Crippen LogP) is 4.02. The smallest absolute Gasteiger partial charge is 0.151 e. The van der Waals surface area contributed by atoms with E-state index in [1.807, 2.05) is 30.3 Å². The number of thiophene rings is 1. The molecule has 0 aliphatic carbocycles. The van der Waals surface area contributed by atoms with Crippen molar-refractivity contribution in [3.63, 3.8) is 0 Å². The van der Waals surface area contributed by atoms with E-state index >= 15 is 0 Å². The maximum atomic E-state index is 5.99. The largest absolute Gasteiger partial charge is 0.399 e. The van der Waals surface area contributed by atoms with Crippen molar-refractivity contribution in [3.05, 3.63) is 34.7 Å². The lowest BCUT2D eigenvalue weighted by Crippen LogP contribution is -1.96. The molecular formula is C13H12ClN3S. The van der Waals surface area contributed by atoms with Gasteiger partial charge in [0, 0.05) is 12.2 Å². The van der Waals surface area contributed by atoms with Crippen molar-refractivity contribution in [2.75, 3.05) is 5.73 Å². The molecular weight excluding hydrogens is 266 g/mol. The number of benzene rings is 1. The van der Waals surface area contributed by atoms with Gasteiger partial charge in [-0.2, -0.15) is 0 Å². The van der Waals surface area contributed by atoms with Crippen molar-refractivity contribution in [1.29, 1.82) is 0 Å². The van der Waals surface area contributed by atoms with Crippen LogP contribution in [0.25, 0.3) is 21.7 Å². The Kier molecular flexibility index (Phi) is 2.76. The molecule has 5 heteroatoms. The van der Waals surface area contributed by atoms with Crippen molar-refractivity contribution >= 4 is 39.7 Å². The molecule has 0 unspecified atom stereocenters. The van der Waals surface area contributed by atoms with Gasteiger partial charge in [0.2, 0.25) is 0 Å². The summed E-state index contributed by atoms with van der Waals surface area (Å²) in [4.78, 5) is 5.75. The number of hydrogen-bond acceptors (Lipinski definition) is 3. The van der Waals surface area contributed by atoms with Crippen molar-refractivity contribution < 1.29 is 0 Å². The van der Waals surface area contributed by atoms with E-state index in [9.17, 15) is 0 Å². The monoisotopic (exact) mass is 277 g/mol. The molecule has 2 aromatic heterocycles. The van der Waals surface area contributed by atoms with Crippen LogP contribution in [0.1, 0.15) is 6.92 Å². The molecule has 0 atom stereocenters. The molecule has 0 radical (unpaired) electrons. The zero-order valence-electron chi connectivity index (χ0n) is 9.85. The van der Waals surface area contributed by atoms with Gasteiger partial charge in [0.05, 0.1) is 20.2 Å². The SMILES string of the molecule is CCn1c(-c2ccc(Cl)s2)nc2ccc(N)cc21. The number of anilines is 1. The number of nitrogens with two attached hydrogens (primary N) is 1. The molecule has 3 aromatic rings. The van der Waals surface area contributed by atoms with E-state index in [1.54, 1.807) is 11.3 Å². The van der Waals surface area contributed by atoms with Gasteiger partial charge in [-0.15, -0.1) is 11.3 Å². The Morgan fingerprint density at radius 1 is 1.33 bits per heavy atom. The summed E-state index contributed by atoms with van der Waals surface area (Å²) in [6, 6.07) is 9.69. The molecule has 2 N–H and O–H groups in total. The Morgan fingerprint density at radius 2 is 2.17 bits per heavy atom. The van der Waals surface area contributed by atoms with Gasteiger partial charge in [-0.1, -0.05) is 11.6 Å². The lowest BCUT2D eigenvalue weighted by molar-refractivity contribution is 0.798. The zero-order chi connectivity index (χ0) is 12.7. The molecule has 92 valence electrons. The number of halogens is 1. The fourth-order valence-electron chi connectivity index (χ4n) is 2.08. The van der Waals surface area contributed by atoms with Crippen LogP contribution in [0, 0.1) is 0 Å². The van der Waals surface area contributed by atoms with E-state index in [0.29, 0.717) is 0 Å². The first-order chi connectivity index (χ1) is 8.69. The molecule has 0 fully saturated rings. The highest BCUT2D eigenvalue weighted by molar-refractivity contribution is 7.19. The lowest BCUT2D eigenvalue weighted by atomic mass is 10.3. The van der Waals surface area contributed by atoms with Gasteiger partial charge in [-0.25, -0.2) is 4.98 Å². The summed E-state index contributed by atoms with van der Waals surface area (Å²) >= 11 is 7.53. The van der Waals surface area contributed by atoms with Crippen LogP contribution < -0.4 is 5.73 Å². The number of aryl methyl sites for hydroxylation is 1. The van der Waals surface area contributed by atoms with Crippen LogP contribution in [-0.4, -0.2) is 9.55 Å². The van der Waals surface area contributed by atoms with Crippen LogP contribution in [0.4, 0.5) is 5.69 Å². The summed E-state index contributed by atoms with van der Waals surface area (Å²) in [7, 11) is 0. The van der Waals surface area contributed by atoms with Gasteiger partial charge in [-0.3, -0.25) is 0 Å². The Balaban J connectivity index is 2.29. The second-order valence-electron chi connectivity index (χ2n) is 4.03. The van der Waals surface area contributed by atoms with Crippen molar-refractivity contribution in [3.8, 4) is 10.7 Å². The average Bonchev–Trinajstić information content (AvgIpc) is 2.91. The van der Waals surface area contributed by atoms with Gasteiger partial charge in [0.1, 0.15) is 0 Å². The summed E-state index contributed by atoms with van der Waals surface area (Å²) in [6.45, 7) is 2.95. The molecule has 0 saturated heterocycles. The molecule has 18 heavy (non-hydrogen) atoms. The lowest BCUT2D eigenvalue weighted by Gasteiger charge is -2.04. The third kappa shape index (κ3) is 1.78. The quantitative estimate of drug-likeness (QED) is 0.719. The molecule has 0 spiro atoms. The first-order valence-corrected chi connectivity index (χ1v) is 6.90. The Bertz CT molecular complexity index is 714. The molecule has 2 heterocycles. The Morgan fingerprint density at radius 3 is 2.83 bits per heavy atom. The molecule has 1 aromatic carbocycles. The van der Waals surface area contributed by atoms with E-state index in [4.69, 9.17) is 17.3 Å². The molecule has 3 rings (SSSR count). The summed E-state index contributed by atoms with van der Waals surface area (Å²) in [6.07, 6.45) is 0. The van der Waals surface area contributed by atoms with E-state index < -0.39 is 0 Å². The first-order valence-electron chi connectivity index (χ1n) is 5.70. The topological polar surface area (TPSA) is 43.8 Å². The van der Waals surface area contributed by atoms with Crippen LogP contribution in [0.2, 0.25) is 4.34 Å². The van der Waals surface area contributed by atoms with Crippen LogP contribution in [0.15, 0.2) is 30.3 Å². The number of nitrogens with zero attached hydrogens (tertiary/aromatic N) is 2. The number of nitrogen functional groups attached to an aromatic ring is 1. The van der Waals surface area contributed by atoms with Crippen LogP contribution in [-0.2, 0) is 6.54 Å². The van der Waals surface area contributed by atoms with Crippen LogP contribution in [0.3, 0.4) is 0 Å².